The van der Waals surface area contributed by atoms with E-state index in [1.54, 1.807) is 10.7 Å². The highest BCUT2D eigenvalue weighted by molar-refractivity contribution is 6.05. The first kappa shape index (κ1) is 12.5. The standard InChI is InChI=1S/C15H15N3O2/c1-9-14(10(2)18(3)17-9)16-15(19)13-8-11-6-4-5-7-12(11)20-13/h4-8H,1-3H3,(H,16,19). The van der Waals surface area contributed by atoms with Gasteiger partial charge in [-0.1, -0.05) is 18.2 Å². The molecule has 0 bridgehead atoms. The first-order valence-electron chi connectivity index (χ1n) is 6.36. The van der Waals surface area contributed by atoms with Crippen molar-refractivity contribution in [2.45, 2.75) is 13.8 Å². The molecule has 0 unspecified atom stereocenters. The summed E-state index contributed by atoms with van der Waals surface area (Å²) in [7, 11) is 1.85. The van der Waals surface area contributed by atoms with E-state index in [4.69, 9.17) is 4.42 Å². The average Bonchev–Trinajstić information content (AvgIpc) is 2.95. The van der Waals surface area contributed by atoms with Gasteiger partial charge in [-0.3, -0.25) is 9.48 Å². The number of amides is 1. The molecular weight excluding hydrogens is 254 g/mol. The van der Waals surface area contributed by atoms with Gasteiger partial charge in [0.05, 0.1) is 17.1 Å². The second-order valence-electron chi connectivity index (χ2n) is 4.77. The Bertz CT molecular complexity index is 766. The van der Waals surface area contributed by atoms with Crippen LogP contribution in [-0.4, -0.2) is 15.7 Å². The van der Waals surface area contributed by atoms with E-state index in [1.165, 1.54) is 0 Å². The largest absolute Gasteiger partial charge is 0.451 e. The lowest BCUT2D eigenvalue weighted by Crippen LogP contribution is -2.12. The molecule has 0 atom stereocenters. The molecule has 1 N–H and O–H groups in total. The molecule has 0 aliphatic rings. The molecule has 2 heterocycles. The molecule has 1 amide bonds. The molecule has 5 nitrogen and oxygen atoms in total. The number of benzene rings is 1. The summed E-state index contributed by atoms with van der Waals surface area (Å²) in [6, 6.07) is 9.28. The van der Waals surface area contributed by atoms with Crippen LogP contribution in [0, 0.1) is 13.8 Å². The molecule has 20 heavy (non-hydrogen) atoms. The number of nitrogens with one attached hydrogen (secondary N) is 1. The van der Waals surface area contributed by atoms with Crippen molar-refractivity contribution >= 4 is 22.6 Å². The van der Waals surface area contributed by atoms with Crippen LogP contribution in [0.3, 0.4) is 0 Å². The van der Waals surface area contributed by atoms with Crippen LogP contribution in [0.15, 0.2) is 34.7 Å². The lowest BCUT2D eigenvalue weighted by Gasteiger charge is -2.03. The van der Waals surface area contributed by atoms with Crippen molar-refractivity contribution in [1.82, 2.24) is 9.78 Å². The monoisotopic (exact) mass is 269 g/mol. The Hall–Kier alpha value is -2.56. The highest BCUT2D eigenvalue weighted by Crippen LogP contribution is 2.22. The molecule has 0 spiro atoms. The Morgan fingerprint density at radius 1 is 1.30 bits per heavy atom. The number of hydrogen-bond acceptors (Lipinski definition) is 3. The minimum atomic E-state index is -0.264. The zero-order chi connectivity index (χ0) is 14.3. The predicted octanol–water partition coefficient (Wildman–Crippen LogP) is 3.04. The van der Waals surface area contributed by atoms with Crippen molar-refractivity contribution in [2.24, 2.45) is 7.05 Å². The topological polar surface area (TPSA) is 60.1 Å². The lowest BCUT2D eigenvalue weighted by molar-refractivity contribution is 0.0998. The van der Waals surface area contributed by atoms with Gasteiger partial charge in [0, 0.05) is 12.4 Å². The van der Waals surface area contributed by atoms with Gasteiger partial charge < -0.3 is 9.73 Å². The highest BCUT2D eigenvalue weighted by atomic mass is 16.3. The van der Waals surface area contributed by atoms with Crippen LogP contribution >= 0.6 is 0 Å². The molecule has 2 aromatic heterocycles. The number of furan rings is 1. The zero-order valence-electron chi connectivity index (χ0n) is 11.6. The second-order valence-corrected chi connectivity index (χ2v) is 4.77. The molecule has 0 saturated heterocycles. The van der Waals surface area contributed by atoms with Crippen molar-refractivity contribution in [1.29, 1.82) is 0 Å². The van der Waals surface area contributed by atoms with Gasteiger partial charge in [0.2, 0.25) is 0 Å². The fourth-order valence-corrected chi connectivity index (χ4v) is 2.22. The van der Waals surface area contributed by atoms with Crippen molar-refractivity contribution in [3.8, 4) is 0 Å². The summed E-state index contributed by atoms with van der Waals surface area (Å²) < 4.78 is 7.29. The molecule has 0 aliphatic carbocycles. The first-order valence-corrected chi connectivity index (χ1v) is 6.36. The maximum atomic E-state index is 12.3. The van der Waals surface area contributed by atoms with Gasteiger partial charge in [-0.2, -0.15) is 5.10 Å². The van der Waals surface area contributed by atoms with Gasteiger partial charge in [-0.05, 0) is 26.0 Å². The zero-order valence-corrected chi connectivity index (χ0v) is 11.6. The Morgan fingerprint density at radius 3 is 2.70 bits per heavy atom. The van der Waals surface area contributed by atoms with E-state index >= 15 is 0 Å². The molecule has 0 saturated carbocycles. The number of aryl methyl sites for hydroxylation is 2. The van der Waals surface area contributed by atoms with Crippen molar-refractivity contribution in [3.05, 3.63) is 47.5 Å². The Kier molecular flexibility index (Phi) is 2.82. The number of anilines is 1. The smallest absolute Gasteiger partial charge is 0.291 e. The molecule has 0 fully saturated rings. The summed E-state index contributed by atoms with van der Waals surface area (Å²) in [4.78, 5) is 12.3. The summed E-state index contributed by atoms with van der Waals surface area (Å²) in [6.07, 6.45) is 0. The quantitative estimate of drug-likeness (QED) is 0.777. The number of carbonyl (C=O) groups is 1. The number of aromatic nitrogens is 2. The number of nitrogens with zero attached hydrogens (tertiary/aromatic N) is 2. The van der Waals surface area contributed by atoms with Crippen molar-refractivity contribution in [2.75, 3.05) is 5.32 Å². The highest BCUT2D eigenvalue weighted by Gasteiger charge is 2.16. The SMILES string of the molecule is Cc1nn(C)c(C)c1NC(=O)c1cc2ccccc2o1. The van der Waals surface area contributed by atoms with E-state index in [0.29, 0.717) is 11.3 Å². The van der Waals surface area contributed by atoms with Crippen LogP contribution in [0.2, 0.25) is 0 Å². The number of carbonyl (C=O) groups excluding carboxylic acids is 1. The third-order valence-electron chi connectivity index (χ3n) is 3.40. The van der Waals surface area contributed by atoms with Crippen LogP contribution in [-0.2, 0) is 7.05 Å². The van der Waals surface area contributed by atoms with Gasteiger partial charge in [0.15, 0.2) is 5.76 Å². The summed E-state index contributed by atoms with van der Waals surface area (Å²) in [6.45, 7) is 3.77. The number of hydrogen-bond donors (Lipinski definition) is 1. The third-order valence-corrected chi connectivity index (χ3v) is 3.40. The molecule has 0 aliphatic heterocycles. The van der Waals surface area contributed by atoms with Crippen LogP contribution in [0.1, 0.15) is 21.9 Å². The van der Waals surface area contributed by atoms with Crippen LogP contribution in [0.5, 0.6) is 0 Å². The Labute approximate surface area is 116 Å². The molecule has 3 rings (SSSR count). The van der Waals surface area contributed by atoms with E-state index in [2.05, 4.69) is 10.4 Å². The molecular formula is C15H15N3O2. The summed E-state index contributed by atoms with van der Waals surface area (Å²) in [5.41, 5.74) is 3.14. The van der Waals surface area contributed by atoms with Gasteiger partial charge >= 0.3 is 0 Å². The van der Waals surface area contributed by atoms with E-state index in [-0.39, 0.29) is 5.91 Å². The van der Waals surface area contributed by atoms with Crippen LogP contribution in [0.25, 0.3) is 11.0 Å². The van der Waals surface area contributed by atoms with E-state index in [0.717, 1.165) is 22.5 Å². The number of para-hydroxylation sites is 1. The Morgan fingerprint density at radius 2 is 2.05 bits per heavy atom. The first-order chi connectivity index (χ1) is 9.56. The van der Waals surface area contributed by atoms with Gasteiger partial charge in [-0.25, -0.2) is 0 Å². The van der Waals surface area contributed by atoms with Gasteiger partial charge in [0.1, 0.15) is 5.58 Å². The van der Waals surface area contributed by atoms with E-state index < -0.39 is 0 Å². The molecule has 102 valence electrons. The maximum absolute atomic E-state index is 12.3. The molecule has 0 radical (unpaired) electrons. The van der Waals surface area contributed by atoms with Gasteiger partial charge in [0.25, 0.3) is 5.91 Å². The summed E-state index contributed by atoms with van der Waals surface area (Å²) >= 11 is 0. The van der Waals surface area contributed by atoms with Crippen molar-refractivity contribution < 1.29 is 9.21 Å². The fourth-order valence-electron chi connectivity index (χ4n) is 2.22. The van der Waals surface area contributed by atoms with Crippen molar-refractivity contribution in [3.63, 3.8) is 0 Å². The predicted molar refractivity (Wildman–Crippen MR) is 76.8 cm³/mol. The molecule has 5 heteroatoms. The second kappa shape index (κ2) is 4.52. The Balaban J connectivity index is 1.93. The minimum Gasteiger partial charge on any atom is -0.451 e. The number of rotatable bonds is 2. The minimum absolute atomic E-state index is 0.264. The van der Waals surface area contributed by atoms with Gasteiger partial charge in [-0.15, -0.1) is 0 Å². The van der Waals surface area contributed by atoms with E-state index in [9.17, 15) is 4.79 Å². The normalized spacial score (nSPS) is 10.9. The van der Waals surface area contributed by atoms with Crippen LogP contribution in [0.4, 0.5) is 5.69 Å². The molecule has 1 aromatic carbocycles. The van der Waals surface area contributed by atoms with E-state index in [1.807, 2.05) is 45.2 Å². The lowest BCUT2D eigenvalue weighted by atomic mass is 10.2. The molecule has 3 aromatic rings. The fraction of sp³-hybridized carbons (Fsp3) is 0.200. The summed E-state index contributed by atoms with van der Waals surface area (Å²) in [5, 5.41) is 8.05. The maximum Gasteiger partial charge on any atom is 0.291 e. The summed E-state index contributed by atoms with van der Waals surface area (Å²) in [5.74, 6) is 0.0363. The average molecular weight is 269 g/mol. The number of fused-ring (bicyclic) bond motifs is 1. The van der Waals surface area contributed by atoms with Crippen LogP contribution < -0.4 is 5.32 Å². The third kappa shape index (κ3) is 1.97.